The average molecular weight is 352 g/mol. The number of Topliss-reactive ketones (excluding diaryl/α,β-unsaturated/α-hetero) is 2. The van der Waals surface area contributed by atoms with E-state index in [9.17, 15) is 31.5 Å². The van der Waals surface area contributed by atoms with Crippen LogP contribution < -0.4 is 0 Å². The second-order valence-electron chi connectivity index (χ2n) is 5.53. The van der Waals surface area contributed by atoms with E-state index in [1.165, 1.54) is 25.1 Å². The molecule has 0 spiro atoms. The third-order valence-corrected chi connectivity index (χ3v) is 4.14. The first-order chi connectivity index (χ1) is 11.8. The first-order valence-corrected chi connectivity index (χ1v) is 7.14. The Morgan fingerprint density at radius 3 is 1.68 bits per heavy atom. The van der Waals surface area contributed by atoms with Gasteiger partial charge in [0.2, 0.25) is 5.82 Å². The standard InChI is InChI=1S/C18H9F5O2/c1-7-10(18(25)9-5-3-2-4-8(9)17(7)24)6-11-12(19)14(21)16(23)15(22)13(11)20/h2-5H,6H2,1H3. The van der Waals surface area contributed by atoms with Gasteiger partial charge in [-0.15, -0.1) is 0 Å². The van der Waals surface area contributed by atoms with E-state index in [4.69, 9.17) is 0 Å². The van der Waals surface area contributed by atoms with E-state index in [-0.39, 0.29) is 22.3 Å². The summed E-state index contributed by atoms with van der Waals surface area (Å²) in [6.45, 7) is 1.28. The third kappa shape index (κ3) is 2.47. The van der Waals surface area contributed by atoms with Gasteiger partial charge < -0.3 is 0 Å². The van der Waals surface area contributed by atoms with Crippen LogP contribution in [0.1, 0.15) is 33.2 Å². The molecule has 0 N–H and O–H groups in total. The van der Waals surface area contributed by atoms with Gasteiger partial charge in [0.1, 0.15) is 0 Å². The van der Waals surface area contributed by atoms with Gasteiger partial charge in [-0.3, -0.25) is 9.59 Å². The number of rotatable bonds is 2. The van der Waals surface area contributed by atoms with Crippen molar-refractivity contribution in [1.82, 2.24) is 0 Å². The Kier molecular flexibility index (Phi) is 4.02. The summed E-state index contributed by atoms with van der Waals surface area (Å²) < 4.78 is 67.5. The summed E-state index contributed by atoms with van der Waals surface area (Å²) in [6.07, 6.45) is -0.878. The minimum atomic E-state index is -2.28. The number of carbonyl (C=O) groups is 2. The molecule has 0 heterocycles. The van der Waals surface area contributed by atoms with Crippen LogP contribution in [0.3, 0.4) is 0 Å². The molecule has 0 radical (unpaired) electrons. The van der Waals surface area contributed by atoms with E-state index in [1.54, 1.807) is 6.07 Å². The van der Waals surface area contributed by atoms with E-state index in [0.29, 0.717) is 0 Å². The molecule has 0 saturated carbocycles. The summed E-state index contributed by atoms with van der Waals surface area (Å²) in [4.78, 5) is 24.8. The molecule has 0 bridgehead atoms. The van der Waals surface area contributed by atoms with E-state index in [0.717, 1.165) is 0 Å². The van der Waals surface area contributed by atoms with E-state index in [1.807, 2.05) is 0 Å². The van der Waals surface area contributed by atoms with Crippen molar-refractivity contribution in [3.63, 3.8) is 0 Å². The minimum Gasteiger partial charge on any atom is -0.289 e. The van der Waals surface area contributed by atoms with Crippen LogP contribution in [0.4, 0.5) is 22.0 Å². The van der Waals surface area contributed by atoms with Crippen LogP contribution in [0.2, 0.25) is 0 Å². The summed E-state index contributed by atoms with van der Waals surface area (Å²) in [5.41, 5.74) is -1.38. The molecule has 2 aromatic carbocycles. The zero-order valence-corrected chi connectivity index (χ0v) is 12.7. The maximum Gasteiger partial charge on any atom is 0.200 e. The quantitative estimate of drug-likeness (QED) is 0.458. The molecule has 0 unspecified atom stereocenters. The van der Waals surface area contributed by atoms with Crippen LogP contribution in [0.25, 0.3) is 0 Å². The Labute approximate surface area is 138 Å². The van der Waals surface area contributed by atoms with Gasteiger partial charge in [-0.05, 0) is 6.92 Å². The fourth-order valence-corrected chi connectivity index (χ4v) is 2.75. The molecule has 128 valence electrons. The molecule has 2 aromatic rings. The van der Waals surface area contributed by atoms with Crippen molar-refractivity contribution in [2.45, 2.75) is 13.3 Å². The van der Waals surface area contributed by atoms with Crippen LogP contribution in [-0.4, -0.2) is 11.6 Å². The lowest BCUT2D eigenvalue weighted by Gasteiger charge is -2.19. The van der Waals surface area contributed by atoms with E-state index < -0.39 is 52.6 Å². The largest absolute Gasteiger partial charge is 0.289 e. The lowest BCUT2D eigenvalue weighted by atomic mass is 9.82. The highest BCUT2D eigenvalue weighted by atomic mass is 19.2. The predicted octanol–water partition coefficient (Wildman–Crippen LogP) is 4.32. The second kappa shape index (κ2) is 5.91. The summed E-state index contributed by atoms with van der Waals surface area (Å²) in [5.74, 6) is -11.7. The summed E-state index contributed by atoms with van der Waals surface area (Å²) >= 11 is 0. The van der Waals surface area contributed by atoms with Gasteiger partial charge in [0.15, 0.2) is 34.8 Å². The van der Waals surface area contributed by atoms with Crippen molar-refractivity contribution in [1.29, 1.82) is 0 Å². The number of allylic oxidation sites excluding steroid dienone is 2. The fourth-order valence-electron chi connectivity index (χ4n) is 2.75. The van der Waals surface area contributed by atoms with Gasteiger partial charge in [0.25, 0.3) is 0 Å². The van der Waals surface area contributed by atoms with Gasteiger partial charge in [-0.1, -0.05) is 24.3 Å². The Hall–Kier alpha value is -2.83. The number of hydrogen-bond donors (Lipinski definition) is 0. The summed E-state index contributed by atoms with van der Waals surface area (Å²) in [5, 5.41) is 0. The zero-order valence-electron chi connectivity index (χ0n) is 12.7. The van der Waals surface area contributed by atoms with E-state index in [2.05, 4.69) is 0 Å². The molecule has 0 fully saturated rings. The number of hydrogen-bond acceptors (Lipinski definition) is 2. The van der Waals surface area contributed by atoms with Gasteiger partial charge in [0, 0.05) is 34.3 Å². The summed E-state index contributed by atoms with van der Waals surface area (Å²) in [7, 11) is 0. The molecule has 0 atom stereocenters. The van der Waals surface area contributed by atoms with Crippen molar-refractivity contribution >= 4 is 11.6 Å². The van der Waals surface area contributed by atoms with Crippen molar-refractivity contribution in [2.75, 3.05) is 0 Å². The zero-order chi connectivity index (χ0) is 18.5. The minimum absolute atomic E-state index is 0.0250. The maximum absolute atomic E-state index is 13.9. The van der Waals surface area contributed by atoms with Gasteiger partial charge in [-0.25, -0.2) is 22.0 Å². The molecular weight excluding hydrogens is 343 g/mol. The third-order valence-electron chi connectivity index (χ3n) is 4.14. The van der Waals surface area contributed by atoms with E-state index >= 15 is 0 Å². The molecule has 1 aliphatic carbocycles. The first kappa shape index (κ1) is 17.0. The number of halogens is 5. The van der Waals surface area contributed by atoms with Gasteiger partial charge >= 0.3 is 0 Å². The highest BCUT2D eigenvalue weighted by Gasteiger charge is 2.33. The average Bonchev–Trinajstić information content (AvgIpc) is 2.62. The number of carbonyl (C=O) groups excluding carboxylic acids is 2. The fraction of sp³-hybridized carbons (Fsp3) is 0.111. The normalized spacial score (nSPS) is 14.2. The molecular formula is C18H9F5O2. The van der Waals surface area contributed by atoms with Crippen molar-refractivity contribution in [2.24, 2.45) is 0 Å². The van der Waals surface area contributed by atoms with Crippen LogP contribution in [0.15, 0.2) is 35.4 Å². The van der Waals surface area contributed by atoms with Crippen LogP contribution in [-0.2, 0) is 6.42 Å². The van der Waals surface area contributed by atoms with Crippen LogP contribution in [0.5, 0.6) is 0 Å². The summed E-state index contributed by atoms with van der Waals surface area (Å²) in [6, 6.07) is 5.84. The van der Waals surface area contributed by atoms with Crippen molar-refractivity contribution < 1.29 is 31.5 Å². The molecule has 1 aliphatic rings. The number of fused-ring (bicyclic) bond motifs is 1. The molecule has 3 rings (SSSR count). The Balaban J connectivity index is 2.15. The topological polar surface area (TPSA) is 34.1 Å². The Morgan fingerprint density at radius 2 is 1.16 bits per heavy atom. The van der Waals surface area contributed by atoms with Gasteiger partial charge in [-0.2, -0.15) is 0 Å². The maximum atomic E-state index is 13.9. The lowest BCUT2D eigenvalue weighted by Crippen LogP contribution is -2.23. The van der Waals surface area contributed by atoms with Crippen molar-refractivity contribution in [3.05, 3.63) is 81.2 Å². The Morgan fingerprint density at radius 1 is 0.720 bits per heavy atom. The molecule has 0 aliphatic heterocycles. The first-order valence-electron chi connectivity index (χ1n) is 7.14. The SMILES string of the molecule is CC1=C(Cc2c(F)c(F)c(F)c(F)c2F)C(=O)c2ccccc2C1=O. The molecule has 0 aromatic heterocycles. The smallest absolute Gasteiger partial charge is 0.200 e. The van der Waals surface area contributed by atoms with Crippen molar-refractivity contribution in [3.8, 4) is 0 Å². The van der Waals surface area contributed by atoms with Crippen LogP contribution in [0, 0.1) is 29.1 Å². The predicted molar refractivity (Wildman–Crippen MR) is 77.7 cm³/mol. The molecule has 0 amide bonds. The lowest BCUT2D eigenvalue weighted by molar-refractivity contribution is 0.0972. The Bertz CT molecular complexity index is 947. The highest BCUT2D eigenvalue weighted by Crippen LogP contribution is 2.31. The van der Waals surface area contributed by atoms with Gasteiger partial charge in [0.05, 0.1) is 0 Å². The second-order valence-corrected chi connectivity index (χ2v) is 5.53. The number of ketones is 2. The number of benzene rings is 2. The molecule has 25 heavy (non-hydrogen) atoms. The molecule has 0 saturated heterocycles. The monoisotopic (exact) mass is 352 g/mol. The molecule has 2 nitrogen and oxygen atoms in total. The molecule has 7 heteroatoms. The highest BCUT2D eigenvalue weighted by molar-refractivity contribution is 6.26. The van der Waals surface area contributed by atoms with Crippen LogP contribution >= 0.6 is 0 Å².